The lowest BCUT2D eigenvalue weighted by Crippen LogP contribution is -2.61. The molecule has 6 N–H and O–H groups in total. The molecule has 0 aromatic rings. The minimum absolute atomic E-state index is 0.0760. The van der Waals surface area contributed by atoms with E-state index < -0.39 is 96.4 Å². The Hall–Kier alpha value is -4.35. The van der Waals surface area contributed by atoms with Gasteiger partial charge in [0.1, 0.15) is 0 Å². The van der Waals surface area contributed by atoms with Crippen molar-refractivity contribution >= 4 is 41.5 Å². The Morgan fingerprint density at radius 3 is 1.27 bits per heavy atom. The summed E-state index contributed by atoms with van der Waals surface area (Å²) in [5, 5.41) is 32.2. The summed E-state index contributed by atoms with van der Waals surface area (Å²) in [6.07, 6.45) is 0.850. The van der Waals surface area contributed by atoms with Crippen LogP contribution in [0.1, 0.15) is 107 Å². The molecule has 0 bridgehead atoms. The highest BCUT2D eigenvalue weighted by Crippen LogP contribution is 2.28. The maximum Gasteiger partial charge on any atom is 0.336 e. The number of nitrogens with one attached hydrogen (secondary N) is 4. The zero-order valence-corrected chi connectivity index (χ0v) is 33.2. The molecule has 55 heavy (non-hydrogen) atoms. The van der Waals surface area contributed by atoms with Crippen LogP contribution in [0, 0.1) is 0 Å². The molecule has 0 aromatic carbocycles. The number of carboxylic acids is 1. The highest BCUT2D eigenvalue weighted by Gasteiger charge is 2.45. The second-order valence-corrected chi connectivity index (χ2v) is 13.8. The van der Waals surface area contributed by atoms with E-state index >= 15 is 0 Å². The molecule has 0 heterocycles. The van der Waals surface area contributed by atoms with Gasteiger partial charge >= 0.3 is 17.9 Å². The first-order chi connectivity index (χ1) is 25.9. The summed E-state index contributed by atoms with van der Waals surface area (Å²) in [7, 11) is 0. The maximum absolute atomic E-state index is 13.6. The number of aliphatic carboxylic acids is 1. The first kappa shape index (κ1) is 46.8. The van der Waals surface area contributed by atoms with Gasteiger partial charge in [-0.25, -0.2) is 14.4 Å². The second kappa shape index (κ2) is 22.3. The first-order valence-electron chi connectivity index (χ1n) is 19.1. The van der Waals surface area contributed by atoms with Gasteiger partial charge in [-0.05, 0) is 51.7 Å². The monoisotopic (exact) mass is 780 g/mol. The molecule has 4 amide bonds. The van der Waals surface area contributed by atoms with Gasteiger partial charge in [-0.1, -0.05) is 27.7 Å². The smallest absolute Gasteiger partial charge is 0.336 e. The normalized spacial score (nSPS) is 22.5. The Balaban J connectivity index is 2.38. The van der Waals surface area contributed by atoms with Crippen molar-refractivity contribution in [3.05, 3.63) is 23.3 Å². The van der Waals surface area contributed by atoms with E-state index in [0.29, 0.717) is 25.7 Å². The van der Waals surface area contributed by atoms with Crippen molar-refractivity contribution < 1.29 is 62.7 Å². The molecular weight excluding hydrogens is 720 g/mol. The molecule has 0 radical (unpaired) electrons. The summed E-state index contributed by atoms with van der Waals surface area (Å²) in [4.78, 5) is 89.9. The minimum Gasteiger partial charge on any atom is -0.479 e. The molecule has 2 aliphatic rings. The molecule has 17 nitrogen and oxygen atoms in total. The summed E-state index contributed by atoms with van der Waals surface area (Å²) in [5.41, 5.74) is -2.59. The molecule has 17 heteroatoms. The van der Waals surface area contributed by atoms with Crippen molar-refractivity contribution in [3.8, 4) is 0 Å². The van der Waals surface area contributed by atoms with Crippen LogP contribution in [0.4, 0.5) is 0 Å². The van der Waals surface area contributed by atoms with Crippen molar-refractivity contribution in [1.82, 2.24) is 21.3 Å². The number of carbonyl (C=O) groups excluding carboxylic acids is 6. The summed E-state index contributed by atoms with van der Waals surface area (Å²) >= 11 is 0. The van der Waals surface area contributed by atoms with Gasteiger partial charge < -0.3 is 50.4 Å². The Morgan fingerprint density at radius 2 is 1.00 bits per heavy atom. The van der Waals surface area contributed by atoms with Crippen LogP contribution in [-0.2, 0) is 52.5 Å². The van der Waals surface area contributed by atoms with Crippen molar-refractivity contribution in [2.24, 2.45) is 0 Å². The summed E-state index contributed by atoms with van der Waals surface area (Å²) < 4.78 is 22.8. The largest absolute Gasteiger partial charge is 0.479 e. The summed E-state index contributed by atoms with van der Waals surface area (Å²) in [6, 6.07) is -3.80. The van der Waals surface area contributed by atoms with E-state index in [1.807, 2.05) is 27.7 Å². The molecule has 0 aliphatic heterocycles. The molecule has 0 aromatic heterocycles. The Labute approximate surface area is 322 Å². The molecule has 0 spiro atoms. The fourth-order valence-corrected chi connectivity index (χ4v) is 6.71. The van der Waals surface area contributed by atoms with Crippen LogP contribution in [0.5, 0.6) is 0 Å². The standard InChI is InChI=1S/C38H60N4O13/c1-9-25(10-2)54-29-17-23(35(47)52-13-5)15-27(33(29)39-21(7)43)41-31(45)19-38(51,37(49)50)20-32(46)42-28-16-24(36(48)53-14-6)18-30(34(28)40-22(8)44)55-26(11-3)12-4/h17-18,25-30,33-34,51H,9-16,19-20H2,1-8H3,(H,39,43)(H,40,44)(H,41,45)(H,42,46)(H,49,50)/t27-,28-,29+,30+,33+,34+/m0/s1. The van der Waals surface area contributed by atoms with Crippen molar-refractivity contribution in [2.75, 3.05) is 13.2 Å². The quantitative estimate of drug-likeness (QED) is 0.0906. The number of carbonyl (C=O) groups is 7. The summed E-state index contributed by atoms with van der Waals surface area (Å²) in [5.74, 6) is -6.09. The fourth-order valence-electron chi connectivity index (χ4n) is 6.71. The van der Waals surface area contributed by atoms with Crippen molar-refractivity contribution in [2.45, 2.75) is 161 Å². The first-order valence-corrected chi connectivity index (χ1v) is 19.1. The lowest BCUT2D eigenvalue weighted by molar-refractivity contribution is -0.164. The number of hydrogen-bond acceptors (Lipinski definition) is 12. The maximum atomic E-state index is 13.6. The lowest BCUT2D eigenvalue weighted by atomic mass is 9.86. The number of ether oxygens (including phenoxy) is 4. The van der Waals surface area contributed by atoms with E-state index in [9.17, 15) is 43.8 Å². The zero-order chi connectivity index (χ0) is 41.5. The van der Waals surface area contributed by atoms with Gasteiger partial charge in [0.05, 0.1) is 74.6 Å². The van der Waals surface area contributed by atoms with Gasteiger partial charge in [-0.2, -0.15) is 0 Å². The van der Waals surface area contributed by atoms with E-state index in [4.69, 9.17) is 18.9 Å². The zero-order valence-electron chi connectivity index (χ0n) is 33.2. The van der Waals surface area contributed by atoms with Gasteiger partial charge in [0.15, 0.2) is 5.60 Å². The molecule has 0 unspecified atom stereocenters. The predicted octanol–water partition coefficient (Wildman–Crippen LogP) is 1.50. The average Bonchev–Trinajstić information content (AvgIpc) is 3.11. The van der Waals surface area contributed by atoms with Gasteiger partial charge in [0.25, 0.3) is 0 Å². The third-order valence-corrected chi connectivity index (χ3v) is 9.52. The van der Waals surface area contributed by atoms with Gasteiger partial charge in [-0.3, -0.25) is 19.2 Å². The Bertz CT molecular complexity index is 1340. The molecule has 2 aliphatic carbocycles. The van der Waals surface area contributed by atoms with Gasteiger partial charge in [-0.15, -0.1) is 0 Å². The van der Waals surface area contributed by atoms with E-state index in [2.05, 4.69) is 21.3 Å². The van der Waals surface area contributed by atoms with E-state index in [0.717, 1.165) is 0 Å². The number of hydrogen-bond donors (Lipinski definition) is 6. The van der Waals surface area contributed by atoms with Crippen LogP contribution in [-0.4, -0.2) is 119 Å². The van der Waals surface area contributed by atoms with E-state index in [1.165, 1.54) is 13.8 Å². The van der Waals surface area contributed by atoms with E-state index in [1.54, 1.807) is 26.0 Å². The lowest BCUT2D eigenvalue weighted by Gasteiger charge is -2.39. The SMILES string of the molecule is CCOC(=O)C1=C[C@@H](OC(CC)CC)[C@H](NC(C)=O)[C@@H](NC(=O)CC(O)(CC(=O)N[C@H]2CC(C(=O)OCC)=C[C@@H](OC(CC)CC)[C@@H]2NC(C)=O)C(=O)O)C1. The van der Waals surface area contributed by atoms with Gasteiger partial charge in [0.2, 0.25) is 23.6 Å². The molecule has 6 atom stereocenters. The Kier molecular flexibility index (Phi) is 18.9. The highest BCUT2D eigenvalue weighted by atomic mass is 16.5. The number of amides is 4. The predicted molar refractivity (Wildman–Crippen MR) is 198 cm³/mol. The number of aliphatic hydroxyl groups is 1. The third-order valence-electron chi connectivity index (χ3n) is 9.52. The highest BCUT2D eigenvalue weighted by molar-refractivity contribution is 5.93. The molecule has 0 fully saturated rings. The van der Waals surface area contributed by atoms with Crippen molar-refractivity contribution in [1.29, 1.82) is 0 Å². The van der Waals surface area contributed by atoms with Crippen molar-refractivity contribution in [3.63, 3.8) is 0 Å². The number of esters is 2. The Morgan fingerprint density at radius 1 is 0.655 bits per heavy atom. The molecule has 0 saturated carbocycles. The molecular formula is C38H60N4O13. The number of carboxylic acid groups (broad SMARTS) is 1. The molecule has 310 valence electrons. The van der Waals surface area contributed by atoms with Crippen LogP contribution in [0.25, 0.3) is 0 Å². The summed E-state index contributed by atoms with van der Waals surface area (Å²) in [6.45, 7) is 13.6. The van der Waals surface area contributed by atoms with Crippen LogP contribution in [0.2, 0.25) is 0 Å². The minimum atomic E-state index is -2.93. The van der Waals surface area contributed by atoms with Crippen LogP contribution in [0.3, 0.4) is 0 Å². The van der Waals surface area contributed by atoms with Gasteiger partial charge in [0, 0.05) is 37.8 Å². The molecule has 0 saturated heterocycles. The third kappa shape index (κ3) is 14.0. The second-order valence-electron chi connectivity index (χ2n) is 13.8. The van der Waals surface area contributed by atoms with E-state index in [-0.39, 0.29) is 49.4 Å². The van der Waals surface area contributed by atoms with Crippen LogP contribution >= 0.6 is 0 Å². The fraction of sp³-hybridized carbons (Fsp3) is 0.711. The van der Waals surface area contributed by atoms with Crippen LogP contribution in [0.15, 0.2) is 23.3 Å². The topological polar surface area (TPSA) is 245 Å². The van der Waals surface area contributed by atoms with Crippen LogP contribution < -0.4 is 21.3 Å². The number of rotatable bonds is 21. The average molecular weight is 781 g/mol. The molecule has 2 rings (SSSR count).